The Bertz CT molecular complexity index is 482. The molecular formula is C12H19BiN3. The van der Waals surface area contributed by atoms with E-state index in [9.17, 15) is 0 Å². The number of aryl methyl sites for hydroxylation is 2. The van der Waals surface area contributed by atoms with Gasteiger partial charge in [-0.1, -0.05) is 6.92 Å². The molecule has 0 unspecified atom stereocenters. The van der Waals surface area contributed by atoms with Crippen molar-refractivity contribution in [1.29, 1.82) is 0 Å². The molecule has 0 atom stereocenters. The second kappa shape index (κ2) is 5.14. The van der Waals surface area contributed by atoms with Crippen LogP contribution < -0.4 is 0 Å². The average molecular weight is 414 g/mol. The van der Waals surface area contributed by atoms with Crippen molar-refractivity contribution in [3.05, 3.63) is 29.7 Å². The number of aromatic nitrogens is 3. The molecule has 2 aromatic rings. The van der Waals surface area contributed by atoms with Crippen LogP contribution in [0.5, 0.6) is 0 Å². The van der Waals surface area contributed by atoms with E-state index in [1.54, 1.807) is 0 Å². The summed E-state index contributed by atoms with van der Waals surface area (Å²) in [5.41, 5.74) is 3.92. The van der Waals surface area contributed by atoms with Gasteiger partial charge in [0, 0.05) is 32.2 Å². The number of nitrogens with zero attached hydrogens (tertiary/aromatic N) is 3. The van der Waals surface area contributed by atoms with E-state index in [2.05, 4.69) is 36.5 Å². The van der Waals surface area contributed by atoms with Crippen molar-refractivity contribution in [2.75, 3.05) is 0 Å². The van der Waals surface area contributed by atoms with Crippen molar-refractivity contribution >= 4 is 26.2 Å². The third kappa shape index (κ3) is 2.08. The Morgan fingerprint density at radius 1 is 1.31 bits per heavy atom. The Balaban J connectivity index is 0.00000128. The zero-order valence-corrected chi connectivity index (χ0v) is 14.8. The van der Waals surface area contributed by atoms with Crippen LogP contribution in [-0.2, 0) is 20.5 Å². The zero-order chi connectivity index (χ0) is 11.0. The van der Waals surface area contributed by atoms with E-state index in [4.69, 9.17) is 0 Å². The fourth-order valence-electron chi connectivity index (χ4n) is 2.14. The minimum atomic E-state index is 0. The van der Waals surface area contributed by atoms with Gasteiger partial charge in [0.2, 0.25) is 0 Å². The second-order valence-electron chi connectivity index (χ2n) is 3.93. The van der Waals surface area contributed by atoms with E-state index in [0.29, 0.717) is 0 Å². The van der Waals surface area contributed by atoms with Crippen LogP contribution in [0.15, 0.2) is 18.5 Å². The Hall–Kier alpha value is -0.627. The monoisotopic (exact) mass is 414 g/mol. The first-order valence-electron chi connectivity index (χ1n) is 5.28. The molecular weight excluding hydrogens is 395 g/mol. The van der Waals surface area contributed by atoms with Gasteiger partial charge in [-0.05, 0) is 25.0 Å². The van der Waals surface area contributed by atoms with Crippen molar-refractivity contribution in [3.63, 3.8) is 0 Å². The molecule has 16 heavy (non-hydrogen) atoms. The first-order valence-corrected chi connectivity index (χ1v) is 5.28. The molecule has 0 aliphatic rings. The molecule has 2 rings (SSSR count). The molecule has 1 radical (unpaired) electrons. The average Bonchev–Trinajstić information content (AvgIpc) is 2.71. The van der Waals surface area contributed by atoms with Gasteiger partial charge in [0.25, 0.3) is 0 Å². The van der Waals surface area contributed by atoms with Crippen LogP contribution >= 0.6 is 0 Å². The molecule has 0 aliphatic heterocycles. The van der Waals surface area contributed by atoms with E-state index in [0.717, 1.165) is 12.2 Å². The molecule has 0 aliphatic carbocycles. The number of rotatable bonds is 2. The number of hydrogen-bond donors (Lipinski definition) is 0. The predicted molar refractivity (Wildman–Crippen MR) is 70.3 cm³/mol. The van der Waals surface area contributed by atoms with Crippen LogP contribution in [0.1, 0.15) is 18.2 Å². The maximum absolute atomic E-state index is 4.38. The van der Waals surface area contributed by atoms with Crippen molar-refractivity contribution in [3.8, 4) is 11.5 Å². The van der Waals surface area contributed by atoms with Gasteiger partial charge in [-0.15, -0.1) is 0 Å². The molecule has 0 spiro atoms. The normalized spacial score (nSPS) is 10.2. The zero-order valence-electron chi connectivity index (χ0n) is 10.4. The van der Waals surface area contributed by atoms with Gasteiger partial charge in [0.1, 0.15) is 0 Å². The molecule has 2 heterocycles. The Morgan fingerprint density at radius 3 is 2.44 bits per heavy atom. The van der Waals surface area contributed by atoms with E-state index in [1.807, 2.05) is 24.0 Å². The summed E-state index contributed by atoms with van der Waals surface area (Å²) >= 11 is 0. The van der Waals surface area contributed by atoms with Crippen LogP contribution in [0.4, 0.5) is 0 Å². The summed E-state index contributed by atoms with van der Waals surface area (Å²) in [7, 11) is 4.13. The molecule has 0 N–H and O–H groups in total. The van der Waals surface area contributed by atoms with E-state index >= 15 is 0 Å². The molecule has 3 nitrogen and oxygen atoms in total. The van der Waals surface area contributed by atoms with E-state index < -0.39 is 0 Å². The van der Waals surface area contributed by atoms with Gasteiger partial charge in [-0.3, -0.25) is 0 Å². The Kier molecular flexibility index (Phi) is 4.31. The molecule has 0 amide bonds. The van der Waals surface area contributed by atoms with Crippen LogP contribution in [0.25, 0.3) is 11.5 Å². The van der Waals surface area contributed by atoms with Crippen molar-refractivity contribution in [2.24, 2.45) is 14.1 Å². The van der Waals surface area contributed by atoms with Gasteiger partial charge < -0.3 is 9.13 Å². The first kappa shape index (κ1) is 13.4. The summed E-state index contributed by atoms with van der Waals surface area (Å²) in [4.78, 5) is 4.38. The third-order valence-corrected chi connectivity index (χ3v) is 2.96. The maximum atomic E-state index is 4.38. The third-order valence-electron chi connectivity index (χ3n) is 2.96. The van der Waals surface area contributed by atoms with Crippen molar-refractivity contribution < 1.29 is 0 Å². The Labute approximate surface area is 116 Å². The molecule has 4 heteroatoms. The molecule has 0 bridgehead atoms. The van der Waals surface area contributed by atoms with Gasteiger partial charge in [-0.25, -0.2) is 4.98 Å². The summed E-state index contributed by atoms with van der Waals surface area (Å²) in [6, 6.07) is 2.21. The summed E-state index contributed by atoms with van der Waals surface area (Å²) < 4.78 is 4.28. The summed E-state index contributed by atoms with van der Waals surface area (Å²) in [5.74, 6) is 1.03. The van der Waals surface area contributed by atoms with E-state index in [-0.39, 0.29) is 26.2 Å². The van der Waals surface area contributed by atoms with Crippen LogP contribution in [0, 0.1) is 6.92 Å². The van der Waals surface area contributed by atoms with Gasteiger partial charge in [0.15, 0.2) is 5.82 Å². The molecule has 0 saturated carbocycles. The topological polar surface area (TPSA) is 22.8 Å². The van der Waals surface area contributed by atoms with Gasteiger partial charge >= 0.3 is 26.2 Å². The fraction of sp³-hybridized carbons (Fsp3) is 0.417. The molecule has 0 fully saturated rings. The summed E-state index contributed by atoms with van der Waals surface area (Å²) in [5, 5.41) is 0. The molecule has 0 saturated heterocycles. The Morgan fingerprint density at radius 2 is 2.00 bits per heavy atom. The fourth-order valence-corrected chi connectivity index (χ4v) is 2.14. The van der Waals surface area contributed by atoms with Gasteiger partial charge in [0.05, 0.1) is 5.69 Å². The van der Waals surface area contributed by atoms with Crippen LogP contribution in [0.2, 0.25) is 0 Å². The standard InChI is InChI=1S/C12H17N3.Bi.2H/c1-5-10-9(2)8-11(15(10)4)12-13-6-7-14(12)3;;;/h6-8H,5H2,1-4H3;;;. The van der Waals surface area contributed by atoms with E-state index in [1.165, 1.54) is 17.0 Å². The number of hydrogen-bond acceptors (Lipinski definition) is 1. The van der Waals surface area contributed by atoms with Crippen LogP contribution in [-0.4, -0.2) is 40.3 Å². The summed E-state index contributed by atoms with van der Waals surface area (Å²) in [6.45, 7) is 4.34. The van der Waals surface area contributed by atoms with Crippen LogP contribution in [0.3, 0.4) is 0 Å². The first-order chi connectivity index (χ1) is 7.15. The molecule has 2 aromatic heterocycles. The summed E-state index contributed by atoms with van der Waals surface area (Å²) in [6.07, 6.45) is 4.87. The second-order valence-corrected chi connectivity index (χ2v) is 3.93. The van der Waals surface area contributed by atoms with Gasteiger partial charge in [-0.2, -0.15) is 0 Å². The molecule has 0 aromatic carbocycles. The van der Waals surface area contributed by atoms with Crippen molar-refractivity contribution in [2.45, 2.75) is 20.3 Å². The molecule has 87 valence electrons. The number of imidazole rings is 1. The minimum absolute atomic E-state index is 0. The quantitative estimate of drug-likeness (QED) is 0.682. The van der Waals surface area contributed by atoms with Crippen molar-refractivity contribution in [1.82, 2.24) is 14.1 Å². The SMILES string of the molecule is CCc1c(C)cc(-c2nccn2C)n1C.[BiH2]. The predicted octanol–water partition coefficient (Wildman–Crippen LogP) is 1.38.